The first-order valence-corrected chi connectivity index (χ1v) is 7.53. The van der Waals surface area contributed by atoms with Crippen molar-refractivity contribution in [1.82, 2.24) is 4.90 Å². The van der Waals surface area contributed by atoms with E-state index in [-0.39, 0.29) is 26.0 Å². The molecule has 24 heavy (non-hydrogen) atoms. The molecule has 5 nitrogen and oxygen atoms in total. The number of hydrogen-bond donors (Lipinski definition) is 1. The minimum Gasteiger partial charge on any atom is -0.480 e. The lowest BCUT2D eigenvalue weighted by Gasteiger charge is -2.36. The molecular formula is C16H18F3NO4. The predicted octanol–water partition coefficient (Wildman–Crippen LogP) is 3.44. The molecule has 0 saturated carbocycles. The van der Waals surface area contributed by atoms with Crippen LogP contribution in [0.4, 0.5) is 18.0 Å². The Morgan fingerprint density at radius 1 is 1.25 bits per heavy atom. The number of ether oxygens (including phenoxy) is 1. The number of amides is 1. The predicted molar refractivity (Wildman–Crippen MR) is 78.2 cm³/mol. The van der Waals surface area contributed by atoms with Crippen LogP contribution in [0.25, 0.3) is 0 Å². The third kappa shape index (κ3) is 5.14. The molecule has 8 heteroatoms. The lowest BCUT2D eigenvalue weighted by atomic mass is 9.88. The van der Waals surface area contributed by atoms with Gasteiger partial charge in [0.2, 0.25) is 0 Å². The van der Waals surface area contributed by atoms with Gasteiger partial charge in [0.25, 0.3) is 0 Å². The van der Waals surface area contributed by atoms with Gasteiger partial charge in [-0.3, -0.25) is 4.90 Å². The van der Waals surface area contributed by atoms with E-state index in [4.69, 9.17) is 4.74 Å². The van der Waals surface area contributed by atoms with Gasteiger partial charge in [-0.05, 0) is 24.3 Å². The van der Waals surface area contributed by atoms with E-state index in [0.29, 0.717) is 0 Å². The smallest absolute Gasteiger partial charge is 0.410 e. The highest BCUT2D eigenvalue weighted by Gasteiger charge is 2.41. The Kier molecular flexibility index (Phi) is 5.69. The summed E-state index contributed by atoms with van der Waals surface area (Å²) in [7, 11) is 0. The second-order valence-electron chi connectivity index (χ2n) is 5.80. The van der Waals surface area contributed by atoms with Gasteiger partial charge in [0, 0.05) is 13.0 Å². The molecule has 1 fully saturated rings. The Bertz CT molecular complexity index is 576. The second-order valence-corrected chi connectivity index (χ2v) is 5.80. The van der Waals surface area contributed by atoms with Crippen molar-refractivity contribution in [3.8, 4) is 0 Å². The first-order chi connectivity index (χ1) is 11.3. The summed E-state index contributed by atoms with van der Waals surface area (Å²) in [6.07, 6.45) is -6.33. The Balaban J connectivity index is 1.96. The van der Waals surface area contributed by atoms with Crippen molar-refractivity contribution >= 4 is 12.1 Å². The van der Waals surface area contributed by atoms with Gasteiger partial charge >= 0.3 is 18.2 Å². The van der Waals surface area contributed by atoms with Gasteiger partial charge in [-0.25, -0.2) is 9.59 Å². The van der Waals surface area contributed by atoms with Crippen LogP contribution in [0, 0.1) is 5.92 Å². The Morgan fingerprint density at radius 2 is 1.92 bits per heavy atom. The highest BCUT2D eigenvalue weighted by molar-refractivity contribution is 5.80. The number of likely N-dealkylation sites (tertiary alicyclic amines) is 1. The van der Waals surface area contributed by atoms with Crippen molar-refractivity contribution in [2.75, 3.05) is 6.54 Å². The van der Waals surface area contributed by atoms with E-state index in [0.717, 1.165) is 10.5 Å². The number of carbonyl (C=O) groups excluding carboxylic acids is 1. The Morgan fingerprint density at radius 3 is 2.50 bits per heavy atom. The van der Waals surface area contributed by atoms with Gasteiger partial charge in [0.05, 0.1) is 0 Å². The van der Waals surface area contributed by atoms with E-state index < -0.39 is 36.6 Å². The van der Waals surface area contributed by atoms with E-state index in [9.17, 15) is 27.9 Å². The molecule has 1 aliphatic rings. The zero-order valence-corrected chi connectivity index (χ0v) is 12.8. The maximum Gasteiger partial charge on any atom is 0.410 e. The quantitative estimate of drug-likeness (QED) is 0.908. The third-order valence-electron chi connectivity index (χ3n) is 3.96. The molecule has 0 bridgehead atoms. The average molecular weight is 345 g/mol. The van der Waals surface area contributed by atoms with Gasteiger partial charge in [-0.15, -0.1) is 0 Å². The molecular weight excluding hydrogens is 327 g/mol. The summed E-state index contributed by atoms with van der Waals surface area (Å²) in [4.78, 5) is 24.4. The summed E-state index contributed by atoms with van der Waals surface area (Å²) in [5.74, 6) is -2.12. The largest absolute Gasteiger partial charge is 0.480 e. The van der Waals surface area contributed by atoms with Crippen LogP contribution < -0.4 is 0 Å². The summed E-state index contributed by atoms with van der Waals surface area (Å²) < 4.78 is 42.5. The second kappa shape index (κ2) is 7.55. The van der Waals surface area contributed by atoms with Crippen molar-refractivity contribution in [2.45, 2.75) is 38.1 Å². The van der Waals surface area contributed by atoms with Gasteiger partial charge < -0.3 is 9.84 Å². The van der Waals surface area contributed by atoms with E-state index in [2.05, 4.69) is 0 Å². The number of benzene rings is 1. The van der Waals surface area contributed by atoms with Crippen molar-refractivity contribution in [1.29, 1.82) is 0 Å². The zero-order valence-electron chi connectivity index (χ0n) is 12.8. The molecule has 1 N–H and O–H groups in total. The first-order valence-electron chi connectivity index (χ1n) is 7.53. The van der Waals surface area contributed by atoms with Crippen LogP contribution in [0.15, 0.2) is 30.3 Å². The highest BCUT2D eigenvalue weighted by atomic mass is 19.4. The van der Waals surface area contributed by atoms with Crippen molar-refractivity contribution in [3.05, 3.63) is 35.9 Å². The summed E-state index contributed by atoms with van der Waals surface area (Å²) in [5, 5.41) is 9.23. The fourth-order valence-corrected chi connectivity index (χ4v) is 2.81. The molecule has 1 heterocycles. The van der Waals surface area contributed by atoms with Crippen molar-refractivity contribution in [2.24, 2.45) is 5.92 Å². The standard InChI is InChI=1S/C16H18F3NO4/c17-16(18,19)9-12-6-7-20(13(8-12)14(21)22)15(23)24-10-11-4-2-1-3-5-11/h1-5,12-13H,6-10H2,(H,21,22). The molecule has 1 amide bonds. The van der Waals surface area contributed by atoms with Gasteiger partial charge in [-0.2, -0.15) is 13.2 Å². The number of carboxylic acids is 1. The number of carbonyl (C=O) groups is 2. The molecule has 1 aliphatic heterocycles. The Labute approximate surface area is 137 Å². The number of rotatable bonds is 4. The number of carboxylic acid groups (broad SMARTS) is 1. The summed E-state index contributed by atoms with van der Waals surface area (Å²) in [5.41, 5.74) is 0.740. The zero-order chi connectivity index (χ0) is 17.7. The van der Waals surface area contributed by atoms with Crippen LogP contribution in [0.1, 0.15) is 24.8 Å². The molecule has 0 radical (unpaired) electrons. The topological polar surface area (TPSA) is 66.8 Å². The molecule has 132 valence electrons. The lowest BCUT2D eigenvalue weighted by molar-refractivity contribution is -0.156. The maximum absolute atomic E-state index is 12.5. The fourth-order valence-electron chi connectivity index (χ4n) is 2.81. The van der Waals surface area contributed by atoms with E-state index in [1.54, 1.807) is 30.3 Å². The maximum atomic E-state index is 12.5. The average Bonchev–Trinajstić information content (AvgIpc) is 2.52. The number of nitrogens with zero attached hydrogens (tertiary/aromatic N) is 1. The molecule has 2 rings (SSSR count). The van der Waals surface area contributed by atoms with Crippen LogP contribution in [0.3, 0.4) is 0 Å². The highest BCUT2D eigenvalue weighted by Crippen LogP contribution is 2.33. The first kappa shape index (κ1) is 18.1. The van der Waals surface area contributed by atoms with Crippen LogP contribution >= 0.6 is 0 Å². The third-order valence-corrected chi connectivity index (χ3v) is 3.96. The lowest BCUT2D eigenvalue weighted by Crippen LogP contribution is -2.50. The molecule has 0 aromatic heterocycles. The number of piperidine rings is 1. The molecule has 0 spiro atoms. The number of alkyl halides is 3. The summed E-state index contributed by atoms with van der Waals surface area (Å²) in [6.45, 7) is -0.0835. The molecule has 2 atom stereocenters. The van der Waals surface area contributed by atoms with Crippen LogP contribution in [0.5, 0.6) is 0 Å². The molecule has 1 aromatic carbocycles. The number of hydrogen-bond acceptors (Lipinski definition) is 3. The van der Waals surface area contributed by atoms with E-state index >= 15 is 0 Å². The summed E-state index contributed by atoms with van der Waals surface area (Å²) in [6, 6.07) is 7.54. The number of aliphatic carboxylic acids is 1. The fraction of sp³-hybridized carbons (Fsp3) is 0.500. The van der Waals surface area contributed by atoms with E-state index in [1.165, 1.54) is 0 Å². The van der Waals surface area contributed by atoms with Crippen LogP contribution in [0.2, 0.25) is 0 Å². The van der Waals surface area contributed by atoms with Gasteiger partial charge in [0.15, 0.2) is 0 Å². The Hall–Kier alpha value is -2.25. The monoisotopic (exact) mass is 345 g/mol. The molecule has 1 saturated heterocycles. The van der Waals surface area contributed by atoms with Crippen LogP contribution in [-0.2, 0) is 16.1 Å². The van der Waals surface area contributed by atoms with Crippen LogP contribution in [-0.4, -0.2) is 40.8 Å². The van der Waals surface area contributed by atoms with E-state index in [1.807, 2.05) is 0 Å². The van der Waals surface area contributed by atoms with Crippen molar-refractivity contribution < 1.29 is 32.6 Å². The minimum absolute atomic E-state index is 0.0194. The van der Waals surface area contributed by atoms with Gasteiger partial charge in [0.1, 0.15) is 12.6 Å². The van der Waals surface area contributed by atoms with Crippen molar-refractivity contribution in [3.63, 3.8) is 0 Å². The summed E-state index contributed by atoms with van der Waals surface area (Å²) >= 11 is 0. The van der Waals surface area contributed by atoms with Gasteiger partial charge in [-0.1, -0.05) is 30.3 Å². The molecule has 0 aliphatic carbocycles. The normalized spacial score (nSPS) is 21.4. The molecule has 2 unspecified atom stereocenters. The molecule has 1 aromatic rings. The minimum atomic E-state index is -4.34. The SMILES string of the molecule is O=C(O)C1CC(CC(F)(F)F)CCN1C(=O)OCc1ccccc1. The number of halogens is 3.